The van der Waals surface area contributed by atoms with Gasteiger partial charge in [-0.1, -0.05) is 56.6 Å². The predicted octanol–water partition coefficient (Wildman–Crippen LogP) is 6.69. The first-order valence-corrected chi connectivity index (χ1v) is 12.8. The fourth-order valence-corrected chi connectivity index (χ4v) is 3.60. The van der Waals surface area contributed by atoms with Crippen LogP contribution >= 0.6 is 0 Å². The molecule has 4 atom stereocenters. The van der Waals surface area contributed by atoms with Crippen molar-refractivity contribution in [2.45, 2.75) is 112 Å². The van der Waals surface area contributed by atoms with Crippen molar-refractivity contribution >= 4 is 11.9 Å². The molecule has 202 valence electrons. The molecular weight excluding hydrogens is 444 g/mol. The van der Waals surface area contributed by atoms with Gasteiger partial charge in [0, 0.05) is 13.3 Å². The summed E-state index contributed by atoms with van der Waals surface area (Å²) in [6.45, 7) is 14.8. The first-order chi connectivity index (χ1) is 16.4. The van der Waals surface area contributed by atoms with Crippen molar-refractivity contribution in [2.24, 2.45) is 11.8 Å². The summed E-state index contributed by atoms with van der Waals surface area (Å²) in [5, 5.41) is 34.4. The number of unbranched alkanes of at least 4 members (excludes halogenated alkanes) is 2. The van der Waals surface area contributed by atoms with Crippen LogP contribution in [0.4, 0.5) is 0 Å². The lowest BCUT2D eigenvalue weighted by atomic mass is 9.83. The largest absolute Gasteiger partial charge is 0.481 e. The van der Waals surface area contributed by atoms with Crippen LogP contribution in [0.2, 0.25) is 0 Å². The summed E-state index contributed by atoms with van der Waals surface area (Å²) < 4.78 is 0. The second-order valence-corrected chi connectivity index (χ2v) is 9.31. The van der Waals surface area contributed by atoms with E-state index in [2.05, 4.69) is 38.7 Å². The number of aliphatic hydroxyl groups excluding tert-OH is 2. The van der Waals surface area contributed by atoms with Crippen molar-refractivity contribution in [1.29, 1.82) is 0 Å². The smallest absolute Gasteiger partial charge is 0.303 e. The molecule has 0 aromatic carbocycles. The van der Waals surface area contributed by atoms with Crippen LogP contribution in [0.15, 0.2) is 47.6 Å². The minimum absolute atomic E-state index is 0.200. The lowest BCUT2D eigenvalue weighted by Gasteiger charge is -2.25. The van der Waals surface area contributed by atoms with Crippen molar-refractivity contribution in [3.8, 4) is 0 Å². The van der Waals surface area contributed by atoms with E-state index in [1.165, 1.54) is 24.8 Å². The third kappa shape index (κ3) is 19.8. The molecule has 0 amide bonds. The Morgan fingerprint density at radius 3 is 1.89 bits per heavy atom. The van der Waals surface area contributed by atoms with E-state index in [1.54, 1.807) is 6.92 Å². The first-order valence-electron chi connectivity index (χ1n) is 12.8. The highest BCUT2D eigenvalue weighted by molar-refractivity contribution is 5.66. The zero-order valence-electron chi connectivity index (χ0n) is 22.8. The van der Waals surface area contributed by atoms with Crippen molar-refractivity contribution in [1.82, 2.24) is 0 Å². The van der Waals surface area contributed by atoms with Crippen LogP contribution in [0.25, 0.3) is 0 Å². The van der Waals surface area contributed by atoms with Gasteiger partial charge >= 0.3 is 5.97 Å². The molecular formula is C29H50O6. The van der Waals surface area contributed by atoms with Crippen molar-refractivity contribution in [2.75, 3.05) is 0 Å². The Balaban J connectivity index is 0. The van der Waals surface area contributed by atoms with Gasteiger partial charge in [0.15, 0.2) is 0 Å². The van der Waals surface area contributed by atoms with E-state index in [0.717, 1.165) is 50.2 Å². The quantitative estimate of drug-likeness (QED) is 0.231. The molecule has 0 saturated carbocycles. The summed E-state index contributed by atoms with van der Waals surface area (Å²) in [6, 6.07) is 0. The number of hydrogen-bond acceptors (Lipinski definition) is 4. The SMILES string of the molecule is C=CCC1CC=C(C)C(O)C1.CC(=O)O.CCC(=O)O.CCCCC=C(C)C1CC=C(C)C(O)C1. The Morgan fingerprint density at radius 2 is 1.49 bits per heavy atom. The van der Waals surface area contributed by atoms with Gasteiger partial charge in [0.1, 0.15) is 0 Å². The van der Waals surface area contributed by atoms with E-state index < -0.39 is 11.9 Å². The molecule has 4 N–H and O–H groups in total. The monoisotopic (exact) mass is 494 g/mol. The first kappa shape index (κ1) is 35.0. The molecule has 0 saturated heterocycles. The molecule has 4 unspecified atom stereocenters. The van der Waals surface area contributed by atoms with E-state index in [-0.39, 0.29) is 18.6 Å². The summed E-state index contributed by atoms with van der Waals surface area (Å²) in [5.74, 6) is -0.392. The van der Waals surface area contributed by atoms with Crippen LogP contribution in [0.1, 0.15) is 99.3 Å². The Kier molecular flexibility index (Phi) is 21.1. The predicted molar refractivity (Wildman–Crippen MR) is 144 cm³/mol. The molecule has 2 aliphatic carbocycles. The van der Waals surface area contributed by atoms with E-state index in [0.29, 0.717) is 11.8 Å². The molecule has 6 heteroatoms. The molecule has 35 heavy (non-hydrogen) atoms. The zero-order chi connectivity index (χ0) is 27.4. The number of aliphatic carboxylic acids is 2. The molecule has 0 radical (unpaired) electrons. The van der Waals surface area contributed by atoms with Crippen LogP contribution in [0, 0.1) is 11.8 Å². The summed E-state index contributed by atoms with van der Waals surface area (Å²) in [5.41, 5.74) is 3.74. The Hall–Kier alpha value is -2.18. The molecule has 2 rings (SSSR count). The molecule has 2 aliphatic rings. The maximum absolute atomic E-state index is 9.77. The zero-order valence-corrected chi connectivity index (χ0v) is 22.8. The lowest BCUT2D eigenvalue weighted by Crippen LogP contribution is -2.19. The summed E-state index contributed by atoms with van der Waals surface area (Å²) in [6.07, 6.45) is 17.2. The average molecular weight is 495 g/mol. The van der Waals surface area contributed by atoms with Gasteiger partial charge in [0.25, 0.3) is 5.97 Å². The number of aliphatic hydroxyl groups is 2. The third-order valence-electron chi connectivity index (χ3n) is 6.08. The van der Waals surface area contributed by atoms with Crippen LogP contribution in [-0.2, 0) is 9.59 Å². The topological polar surface area (TPSA) is 115 Å². The molecule has 0 aromatic heterocycles. The van der Waals surface area contributed by atoms with E-state index >= 15 is 0 Å². The number of allylic oxidation sites excluding steroid dienone is 5. The van der Waals surface area contributed by atoms with Gasteiger partial charge in [0.2, 0.25) is 0 Å². The van der Waals surface area contributed by atoms with Gasteiger partial charge in [-0.3, -0.25) is 9.59 Å². The van der Waals surface area contributed by atoms with Crippen molar-refractivity contribution in [3.63, 3.8) is 0 Å². The van der Waals surface area contributed by atoms with E-state index in [1.807, 2.05) is 19.9 Å². The normalized spacial score (nSPS) is 23.5. The van der Waals surface area contributed by atoms with E-state index in [4.69, 9.17) is 15.0 Å². The maximum Gasteiger partial charge on any atom is 0.303 e. The fourth-order valence-electron chi connectivity index (χ4n) is 3.60. The molecule has 0 aliphatic heterocycles. The van der Waals surface area contributed by atoms with Crippen molar-refractivity contribution < 1.29 is 30.0 Å². The van der Waals surface area contributed by atoms with Gasteiger partial charge in [-0.2, -0.15) is 0 Å². The molecule has 0 aromatic rings. The maximum atomic E-state index is 9.77. The molecule has 6 nitrogen and oxygen atoms in total. The number of hydrogen-bond donors (Lipinski definition) is 4. The summed E-state index contributed by atoms with van der Waals surface area (Å²) >= 11 is 0. The number of carboxylic acids is 2. The fraction of sp³-hybridized carbons (Fsp3) is 0.655. The summed E-state index contributed by atoms with van der Waals surface area (Å²) in [7, 11) is 0. The highest BCUT2D eigenvalue weighted by Crippen LogP contribution is 2.29. The highest BCUT2D eigenvalue weighted by Gasteiger charge is 2.20. The minimum Gasteiger partial charge on any atom is -0.481 e. The van der Waals surface area contributed by atoms with Gasteiger partial charge in [0.05, 0.1) is 12.2 Å². The van der Waals surface area contributed by atoms with Gasteiger partial charge in [-0.15, -0.1) is 6.58 Å². The van der Waals surface area contributed by atoms with Crippen molar-refractivity contribution in [3.05, 3.63) is 47.6 Å². The molecule has 0 bridgehead atoms. The summed E-state index contributed by atoms with van der Waals surface area (Å²) in [4.78, 5) is 18.4. The number of carboxylic acid groups (broad SMARTS) is 2. The second-order valence-electron chi connectivity index (χ2n) is 9.31. The Morgan fingerprint density at radius 1 is 1.00 bits per heavy atom. The van der Waals surface area contributed by atoms with Gasteiger partial charge in [-0.25, -0.2) is 0 Å². The standard InChI is InChI=1S/C14H24O.C10H16O.C3H6O2.C2H4O2/c1-4-5-6-7-11(2)13-9-8-12(3)14(15)10-13;1-3-4-9-6-5-8(2)10(11)7-9;1-2-3(4)5;1-2(3)4/h7-8,13-15H,4-6,9-10H2,1-3H3;3,5,9-11H,1,4,6-7H2,2H3;2H2,1H3,(H,4,5);1H3,(H,3,4). The average Bonchev–Trinajstić information content (AvgIpc) is 2.79. The molecule has 0 heterocycles. The lowest BCUT2D eigenvalue weighted by molar-refractivity contribution is -0.137. The second kappa shape index (κ2) is 21.1. The van der Waals surface area contributed by atoms with Crippen LogP contribution in [-0.4, -0.2) is 44.6 Å². The Bertz CT molecular complexity index is 700. The third-order valence-corrected chi connectivity index (χ3v) is 6.08. The Labute approximate surface area is 213 Å². The molecule has 0 spiro atoms. The minimum atomic E-state index is -0.833. The highest BCUT2D eigenvalue weighted by atomic mass is 16.4. The molecule has 0 fully saturated rings. The number of rotatable bonds is 7. The van der Waals surface area contributed by atoms with Crippen LogP contribution < -0.4 is 0 Å². The van der Waals surface area contributed by atoms with Gasteiger partial charge < -0.3 is 20.4 Å². The van der Waals surface area contributed by atoms with Crippen LogP contribution in [0.5, 0.6) is 0 Å². The number of carbonyl (C=O) groups is 2. The van der Waals surface area contributed by atoms with Gasteiger partial charge in [-0.05, 0) is 82.3 Å². The van der Waals surface area contributed by atoms with E-state index in [9.17, 15) is 15.0 Å². The van der Waals surface area contributed by atoms with Crippen LogP contribution in [0.3, 0.4) is 0 Å².